The van der Waals surface area contributed by atoms with Crippen LogP contribution in [0.15, 0.2) is 24.7 Å². The van der Waals surface area contributed by atoms with Crippen molar-refractivity contribution in [2.75, 3.05) is 29.9 Å². The van der Waals surface area contributed by atoms with E-state index in [0.717, 1.165) is 48.6 Å². The lowest BCUT2D eigenvalue weighted by atomic mass is 10.0. The zero-order valence-corrected chi connectivity index (χ0v) is 16.3. The normalized spacial score (nSPS) is 24.6. The molecule has 27 heavy (non-hydrogen) atoms. The Morgan fingerprint density at radius 1 is 1.15 bits per heavy atom. The molecule has 0 amide bonds. The summed E-state index contributed by atoms with van der Waals surface area (Å²) in [7, 11) is 2.14. The third-order valence-corrected chi connectivity index (χ3v) is 6.28. The lowest BCUT2D eigenvalue weighted by Gasteiger charge is -2.28. The molecule has 1 aliphatic heterocycles. The van der Waals surface area contributed by atoms with Gasteiger partial charge in [-0.3, -0.25) is 0 Å². The molecule has 4 heterocycles. The van der Waals surface area contributed by atoms with Crippen LogP contribution in [0.2, 0.25) is 10.4 Å². The first-order valence-corrected chi connectivity index (χ1v) is 9.80. The number of nitrogens with one attached hydrogen (secondary N) is 1. The Balaban J connectivity index is 1.31. The topological polar surface area (TPSA) is 73.8 Å². The smallest absolute Gasteiger partial charge is 0.225 e. The van der Waals surface area contributed by atoms with Gasteiger partial charge in [0.25, 0.3) is 0 Å². The van der Waals surface area contributed by atoms with E-state index in [-0.39, 0.29) is 5.28 Å². The third-order valence-electron chi connectivity index (χ3n) is 5.92. The van der Waals surface area contributed by atoms with Crippen molar-refractivity contribution in [1.29, 1.82) is 0 Å². The second-order valence-electron chi connectivity index (χ2n) is 7.42. The second kappa shape index (κ2) is 6.49. The minimum absolute atomic E-state index is 0.200. The number of anilines is 2. The molecule has 1 saturated carbocycles. The lowest BCUT2D eigenvalue weighted by molar-refractivity contribution is 0.494. The number of halogens is 2. The quantitative estimate of drug-likeness (QED) is 0.533. The highest BCUT2D eigenvalue weighted by Crippen LogP contribution is 2.42. The Hall–Kier alpha value is -2.12. The fraction of sp³-hybridized carbons (Fsp3) is 0.444. The Kier molecular flexibility index (Phi) is 4.09. The van der Waals surface area contributed by atoms with E-state index in [9.17, 15) is 0 Å². The van der Waals surface area contributed by atoms with E-state index < -0.39 is 0 Å². The van der Waals surface area contributed by atoms with E-state index in [1.807, 2.05) is 12.3 Å². The van der Waals surface area contributed by atoms with Gasteiger partial charge in [-0.15, -0.1) is 0 Å². The van der Waals surface area contributed by atoms with Gasteiger partial charge in [-0.05, 0) is 42.3 Å². The van der Waals surface area contributed by atoms with Crippen LogP contribution in [0.3, 0.4) is 0 Å². The van der Waals surface area contributed by atoms with Gasteiger partial charge < -0.3 is 14.8 Å². The summed E-state index contributed by atoms with van der Waals surface area (Å²) in [5.41, 5.74) is 0.883. The van der Waals surface area contributed by atoms with Crippen molar-refractivity contribution in [2.24, 2.45) is 11.8 Å². The summed E-state index contributed by atoms with van der Waals surface area (Å²) in [5, 5.41) is 1.66. The van der Waals surface area contributed by atoms with Gasteiger partial charge in [-0.2, -0.15) is 0 Å². The molecule has 0 radical (unpaired) electrons. The molecule has 1 aliphatic carbocycles. The van der Waals surface area contributed by atoms with Gasteiger partial charge in [0.05, 0.1) is 5.39 Å². The Morgan fingerprint density at radius 2 is 1.93 bits per heavy atom. The summed E-state index contributed by atoms with van der Waals surface area (Å²) in [4.78, 5) is 24.9. The predicted molar refractivity (Wildman–Crippen MR) is 107 cm³/mol. The summed E-state index contributed by atoms with van der Waals surface area (Å²) in [5.74, 6) is 3.09. The number of fused-ring (bicyclic) bond motifs is 2. The first-order valence-electron chi connectivity index (χ1n) is 9.04. The van der Waals surface area contributed by atoms with Gasteiger partial charge in [0.15, 0.2) is 0 Å². The molecule has 3 aromatic rings. The third kappa shape index (κ3) is 2.99. The SMILES string of the molecule is CN(c1ncnc2[nH]ccc12)C1CC2CN(c3cc(Cl)nc(Cl)n3)CC2C1. The van der Waals surface area contributed by atoms with E-state index in [1.165, 1.54) is 0 Å². The van der Waals surface area contributed by atoms with Crippen molar-refractivity contribution in [3.8, 4) is 0 Å². The van der Waals surface area contributed by atoms with Crippen molar-refractivity contribution in [1.82, 2.24) is 24.9 Å². The summed E-state index contributed by atoms with van der Waals surface area (Å²) in [6, 6.07) is 4.32. The van der Waals surface area contributed by atoms with Crippen molar-refractivity contribution < 1.29 is 0 Å². The number of hydrogen-bond acceptors (Lipinski definition) is 6. The maximum Gasteiger partial charge on any atom is 0.225 e. The average Bonchev–Trinajstić information content (AvgIpc) is 3.33. The number of H-pyrrole nitrogens is 1. The van der Waals surface area contributed by atoms with E-state index in [4.69, 9.17) is 23.2 Å². The van der Waals surface area contributed by atoms with Crippen molar-refractivity contribution in [2.45, 2.75) is 18.9 Å². The molecule has 0 spiro atoms. The molecule has 7 nitrogen and oxygen atoms in total. The van der Waals surface area contributed by atoms with E-state index >= 15 is 0 Å². The standard InChI is InChI=1S/C18H19Cl2N7/c1-26(17-13-2-3-21-16(13)22-9-23-17)12-4-10-7-27(8-11(10)5-12)15-6-14(19)24-18(20)25-15/h2-3,6,9-12H,4-5,7-8H2,1H3,(H,21,22,23). The minimum atomic E-state index is 0.200. The first-order chi connectivity index (χ1) is 13.1. The number of nitrogens with zero attached hydrogens (tertiary/aromatic N) is 6. The zero-order chi connectivity index (χ0) is 18.5. The number of rotatable bonds is 3. The maximum absolute atomic E-state index is 6.04. The fourth-order valence-electron chi connectivity index (χ4n) is 4.62. The Bertz CT molecular complexity index is 957. The van der Waals surface area contributed by atoms with E-state index in [1.54, 1.807) is 12.4 Å². The van der Waals surface area contributed by atoms with Gasteiger partial charge >= 0.3 is 0 Å². The molecule has 2 atom stereocenters. The largest absolute Gasteiger partial charge is 0.356 e. The molecular weight excluding hydrogens is 385 g/mol. The van der Waals surface area contributed by atoms with Crippen molar-refractivity contribution >= 4 is 45.9 Å². The van der Waals surface area contributed by atoms with Gasteiger partial charge in [0, 0.05) is 38.4 Å². The fourth-order valence-corrected chi connectivity index (χ4v) is 5.02. The van der Waals surface area contributed by atoms with Gasteiger partial charge in [0.1, 0.15) is 28.8 Å². The van der Waals surface area contributed by atoms with Crippen LogP contribution in [0.25, 0.3) is 11.0 Å². The number of aromatic amines is 1. The van der Waals surface area contributed by atoms with Crippen molar-refractivity contribution in [3.63, 3.8) is 0 Å². The van der Waals surface area contributed by atoms with Crippen LogP contribution < -0.4 is 9.80 Å². The molecule has 5 rings (SSSR count). The Labute approximate surface area is 166 Å². The highest BCUT2D eigenvalue weighted by Gasteiger charge is 2.43. The molecule has 3 aromatic heterocycles. The molecule has 0 bridgehead atoms. The number of hydrogen-bond donors (Lipinski definition) is 1. The van der Waals surface area contributed by atoms with Gasteiger partial charge in [0.2, 0.25) is 5.28 Å². The van der Waals surface area contributed by atoms with E-state index in [0.29, 0.717) is 23.0 Å². The number of aromatic nitrogens is 5. The molecule has 2 fully saturated rings. The van der Waals surface area contributed by atoms with Crippen LogP contribution in [0.4, 0.5) is 11.6 Å². The molecule has 1 N–H and O–H groups in total. The van der Waals surface area contributed by atoms with Crippen LogP contribution in [0, 0.1) is 11.8 Å². The predicted octanol–water partition coefficient (Wildman–Crippen LogP) is 3.41. The molecule has 140 valence electrons. The van der Waals surface area contributed by atoms with Crippen molar-refractivity contribution in [3.05, 3.63) is 35.1 Å². The first kappa shape index (κ1) is 17.0. The summed E-state index contributed by atoms with van der Waals surface area (Å²) >= 11 is 12.0. The summed E-state index contributed by atoms with van der Waals surface area (Å²) in [6.45, 7) is 1.95. The van der Waals surface area contributed by atoms with Crippen LogP contribution in [0.5, 0.6) is 0 Å². The minimum Gasteiger partial charge on any atom is -0.356 e. The van der Waals surface area contributed by atoms with Crippen LogP contribution >= 0.6 is 23.2 Å². The summed E-state index contributed by atoms with van der Waals surface area (Å²) in [6.07, 6.45) is 5.82. The molecule has 2 unspecified atom stereocenters. The van der Waals surface area contributed by atoms with Gasteiger partial charge in [-0.25, -0.2) is 19.9 Å². The molecule has 0 aromatic carbocycles. The van der Waals surface area contributed by atoms with Crippen LogP contribution in [0.1, 0.15) is 12.8 Å². The maximum atomic E-state index is 6.04. The zero-order valence-electron chi connectivity index (χ0n) is 14.8. The lowest BCUT2D eigenvalue weighted by Crippen LogP contribution is -2.33. The molecule has 9 heteroatoms. The monoisotopic (exact) mass is 403 g/mol. The summed E-state index contributed by atoms with van der Waals surface area (Å²) < 4.78 is 0. The average molecular weight is 404 g/mol. The molecule has 2 aliphatic rings. The highest BCUT2D eigenvalue weighted by atomic mass is 35.5. The van der Waals surface area contributed by atoms with Crippen LogP contribution in [-0.2, 0) is 0 Å². The molecular formula is C18H19Cl2N7. The molecule has 1 saturated heterocycles. The van der Waals surface area contributed by atoms with Crippen LogP contribution in [-0.4, -0.2) is 51.1 Å². The second-order valence-corrected chi connectivity index (χ2v) is 8.14. The van der Waals surface area contributed by atoms with Gasteiger partial charge in [-0.1, -0.05) is 11.6 Å². The Morgan fingerprint density at radius 3 is 2.67 bits per heavy atom. The highest BCUT2D eigenvalue weighted by molar-refractivity contribution is 6.32. The van der Waals surface area contributed by atoms with E-state index in [2.05, 4.69) is 41.8 Å².